The minimum atomic E-state index is -0.171. The van der Waals surface area contributed by atoms with Crippen molar-refractivity contribution >= 4 is 34.2 Å². The van der Waals surface area contributed by atoms with Crippen molar-refractivity contribution in [3.8, 4) is 11.5 Å². The molecule has 2 rings (SSSR count). The number of methoxy groups -OCH3 is 2. The van der Waals surface area contributed by atoms with Gasteiger partial charge >= 0.3 is 0 Å². The highest BCUT2D eigenvalue weighted by molar-refractivity contribution is 14.1. The van der Waals surface area contributed by atoms with Crippen molar-refractivity contribution in [2.45, 2.75) is 13.8 Å². The van der Waals surface area contributed by atoms with Gasteiger partial charge in [0.05, 0.1) is 19.8 Å². The molecule has 2 aromatic rings. The Hall–Kier alpha value is -1.76. The molecule has 0 aliphatic carbocycles. The molecule has 0 heterocycles. The fourth-order valence-corrected chi connectivity index (χ4v) is 2.96. The number of benzene rings is 2. The van der Waals surface area contributed by atoms with Gasteiger partial charge in [-0.15, -0.1) is 0 Å². The molecule has 116 valence electrons. The molecule has 0 atom stereocenters. The van der Waals surface area contributed by atoms with Crippen LogP contribution in [0.3, 0.4) is 0 Å². The number of nitrogens with one attached hydrogen (secondary N) is 1. The maximum absolute atomic E-state index is 12.5. The SMILES string of the molecule is COc1cc(I)c(C(=O)Nc2cc(C)cc(C)c2)cc1OC. The number of ether oxygens (including phenoxy) is 2. The number of hydrogen-bond acceptors (Lipinski definition) is 3. The van der Waals surface area contributed by atoms with Gasteiger partial charge in [-0.1, -0.05) is 6.07 Å². The zero-order valence-corrected chi connectivity index (χ0v) is 15.1. The highest BCUT2D eigenvalue weighted by Crippen LogP contribution is 2.31. The van der Waals surface area contributed by atoms with E-state index in [1.54, 1.807) is 26.4 Å². The van der Waals surface area contributed by atoms with Gasteiger partial charge in [0.1, 0.15) is 0 Å². The highest BCUT2D eigenvalue weighted by atomic mass is 127. The second kappa shape index (κ2) is 7.00. The first kappa shape index (κ1) is 16.6. The van der Waals surface area contributed by atoms with E-state index in [1.165, 1.54) is 0 Å². The fraction of sp³-hybridized carbons (Fsp3) is 0.235. The first-order chi connectivity index (χ1) is 10.4. The normalized spacial score (nSPS) is 10.2. The smallest absolute Gasteiger partial charge is 0.256 e. The molecule has 0 saturated heterocycles. The van der Waals surface area contributed by atoms with E-state index in [0.717, 1.165) is 20.4 Å². The number of aryl methyl sites for hydroxylation is 2. The summed E-state index contributed by atoms with van der Waals surface area (Å²) in [5, 5.41) is 2.93. The number of anilines is 1. The van der Waals surface area contributed by atoms with Crippen molar-refractivity contribution in [1.29, 1.82) is 0 Å². The number of carbonyl (C=O) groups is 1. The Kier molecular flexibility index (Phi) is 5.28. The predicted octanol–water partition coefficient (Wildman–Crippen LogP) is 4.18. The van der Waals surface area contributed by atoms with Crippen molar-refractivity contribution in [2.75, 3.05) is 19.5 Å². The molecule has 22 heavy (non-hydrogen) atoms. The second-order valence-electron chi connectivity index (χ2n) is 5.02. The lowest BCUT2D eigenvalue weighted by atomic mass is 10.1. The van der Waals surface area contributed by atoms with Gasteiger partial charge in [0, 0.05) is 9.26 Å². The molecule has 0 fully saturated rings. The topological polar surface area (TPSA) is 47.6 Å². The van der Waals surface area contributed by atoms with Crippen molar-refractivity contribution in [3.63, 3.8) is 0 Å². The average Bonchev–Trinajstić information content (AvgIpc) is 2.45. The number of rotatable bonds is 4. The van der Waals surface area contributed by atoms with Crippen molar-refractivity contribution in [1.82, 2.24) is 0 Å². The van der Waals surface area contributed by atoms with E-state index in [1.807, 2.05) is 26.0 Å². The molecule has 0 radical (unpaired) electrons. The van der Waals surface area contributed by atoms with Gasteiger partial charge in [-0.25, -0.2) is 0 Å². The Morgan fingerprint density at radius 2 is 1.50 bits per heavy atom. The Bertz CT molecular complexity index is 693. The first-order valence-electron chi connectivity index (χ1n) is 6.75. The molecule has 0 aromatic heterocycles. The maximum Gasteiger partial charge on any atom is 0.256 e. The van der Waals surface area contributed by atoms with Crippen LogP contribution in [-0.4, -0.2) is 20.1 Å². The Morgan fingerprint density at radius 3 is 2.05 bits per heavy atom. The predicted molar refractivity (Wildman–Crippen MR) is 96.1 cm³/mol. The molecule has 0 unspecified atom stereocenters. The lowest BCUT2D eigenvalue weighted by molar-refractivity contribution is 0.102. The maximum atomic E-state index is 12.5. The van der Waals surface area contributed by atoms with Crippen LogP contribution in [0.4, 0.5) is 5.69 Å². The fourth-order valence-electron chi connectivity index (χ4n) is 2.27. The molecule has 0 bridgehead atoms. The summed E-state index contributed by atoms with van der Waals surface area (Å²) < 4.78 is 11.3. The number of amides is 1. The lowest BCUT2D eigenvalue weighted by Crippen LogP contribution is -2.14. The van der Waals surface area contributed by atoms with Crippen LogP contribution in [0.5, 0.6) is 11.5 Å². The van der Waals surface area contributed by atoms with E-state index in [0.29, 0.717) is 17.1 Å². The third-order valence-corrected chi connectivity index (χ3v) is 4.09. The minimum Gasteiger partial charge on any atom is -0.493 e. The number of carbonyl (C=O) groups excluding carboxylic acids is 1. The number of halogens is 1. The molecule has 0 spiro atoms. The van der Waals surface area contributed by atoms with E-state index >= 15 is 0 Å². The van der Waals surface area contributed by atoms with Gasteiger partial charge < -0.3 is 14.8 Å². The Balaban J connectivity index is 2.33. The van der Waals surface area contributed by atoms with E-state index in [2.05, 4.69) is 34.0 Å². The summed E-state index contributed by atoms with van der Waals surface area (Å²) in [6.07, 6.45) is 0. The quantitative estimate of drug-likeness (QED) is 0.769. The molecule has 1 amide bonds. The van der Waals surface area contributed by atoms with E-state index < -0.39 is 0 Å². The van der Waals surface area contributed by atoms with E-state index in [9.17, 15) is 4.79 Å². The van der Waals surface area contributed by atoms with Crippen LogP contribution < -0.4 is 14.8 Å². The molecule has 0 aliphatic heterocycles. The van der Waals surface area contributed by atoms with Crippen LogP contribution in [0.2, 0.25) is 0 Å². The summed E-state index contributed by atoms with van der Waals surface area (Å²) in [5.41, 5.74) is 3.56. The molecule has 2 aromatic carbocycles. The summed E-state index contributed by atoms with van der Waals surface area (Å²) in [6, 6.07) is 9.43. The second-order valence-corrected chi connectivity index (χ2v) is 6.18. The first-order valence-corrected chi connectivity index (χ1v) is 7.83. The summed E-state index contributed by atoms with van der Waals surface area (Å²) >= 11 is 2.12. The molecule has 0 saturated carbocycles. The summed E-state index contributed by atoms with van der Waals surface area (Å²) in [6.45, 7) is 4.01. The van der Waals surface area contributed by atoms with E-state index in [4.69, 9.17) is 9.47 Å². The van der Waals surface area contributed by atoms with Crippen LogP contribution in [0.15, 0.2) is 30.3 Å². The van der Waals surface area contributed by atoms with Crippen molar-refractivity contribution < 1.29 is 14.3 Å². The van der Waals surface area contributed by atoms with Crippen LogP contribution in [0.1, 0.15) is 21.5 Å². The molecule has 0 aliphatic rings. The van der Waals surface area contributed by atoms with Crippen LogP contribution in [0, 0.1) is 17.4 Å². The third-order valence-electron chi connectivity index (χ3n) is 3.20. The van der Waals surface area contributed by atoms with Gasteiger partial charge in [0.2, 0.25) is 0 Å². The molecular weight excluding hydrogens is 393 g/mol. The highest BCUT2D eigenvalue weighted by Gasteiger charge is 2.15. The molecule has 4 nitrogen and oxygen atoms in total. The third kappa shape index (κ3) is 3.71. The Morgan fingerprint density at radius 1 is 0.955 bits per heavy atom. The van der Waals surface area contributed by atoms with Gasteiger partial charge in [0.25, 0.3) is 5.91 Å². The number of hydrogen-bond donors (Lipinski definition) is 1. The Labute approximate surface area is 144 Å². The van der Waals surface area contributed by atoms with Gasteiger partial charge in [-0.2, -0.15) is 0 Å². The van der Waals surface area contributed by atoms with Crippen LogP contribution in [0.25, 0.3) is 0 Å². The standard InChI is InChI=1S/C17H18INO3/c1-10-5-11(2)7-12(6-10)19-17(20)13-8-15(21-3)16(22-4)9-14(13)18/h5-9H,1-4H3,(H,19,20). The average molecular weight is 411 g/mol. The zero-order valence-electron chi connectivity index (χ0n) is 13.0. The van der Waals surface area contributed by atoms with Gasteiger partial charge in [-0.3, -0.25) is 4.79 Å². The molecular formula is C17H18INO3. The molecule has 5 heteroatoms. The van der Waals surface area contributed by atoms with E-state index in [-0.39, 0.29) is 5.91 Å². The molecule has 1 N–H and O–H groups in total. The van der Waals surface area contributed by atoms with Crippen molar-refractivity contribution in [2.24, 2.45) is 0 Å². The monoisotopic (exact) mass is 411 g/mol. The van der Waals surface area contributed by atoms with Gasteiger partial charge in [-0.05, 0) is 71.8 Å². The summed E-state index contributed by atoms with van der Waals surface area (Å²) in [4.78, 5) is 12.5. The van der Waals surface area contributed by atoms with Crippen LogP contribution in [-0.2, 0) is 0 Å². The summed E-state index contributed by atoms with van der Waals surface area (Å²) in [5.74, 6) is 0.971. The van der Waals surface area contributed by atoms with Crippen molar-refractivity contribution in [3.05, 3.63) is 50.6 Å². The van der Waals surface area contributed by atoms with Gasteiger partial charge in [0.15, 0.2) is 11.5 Å². The zero-order chi connectivity index (χ0) is 16.3. The summed E-state index contributed by atoms with van der Waals surface area (Å²) in [7, 11) is 3.12. The van der Waals surface area contributed by atoms with Crippen LogP contribution >= 0.6 is 22.6 Å². The lowest BCUT2D eigenvalue weighted by Gasteiger charge is -2.12. The minimum absolute atomic E-state index is 0.171. The largest absolute Gasteiger partial charge is 0.493 e.